The molecule has 10 aromatic rings. The van der Waals surface area contributed by atoms with Crippen molar-refractivity contribution < 1.29 is 37.6 Å². The molecular formula is C56H58N12O10. The van der Waals surface area contributed by atoms with Crippen molar-refractivity contribution in [3.63, 3.8) is 0 Å². The SMILES string of the molecule is COc1cc2c(cc1-c1c(C)noc1C)ncc1c2n(C(C)c2ccccn2)c(=O)n1CC(=O)NCCOCCOCCNC(=O)Cn1c(=O)n(C(C)c2ccccn2)c2c3cc(OC)c(-c4c(C)noc4C)cc3ncc21. The summed E-state index contributed by atoms with van der Waals surface area (Å²) in [6.07, 6.45) is 6.56. The number of aromatic nitrogens is 10. The predicted octanol–water partition coefficient (Wildman–Crippen LogP) is 6.55. The van der Waals surface area contributed by atoms with Crippen LogP contribution in [0.2, 0.25) is 0 Å². The van der Waals surface area contributed by atoms with Crippen molar-refractivity contribution in [3.8, 4) is 33.8 Å². The Labute approximate surface area is 445 Å². The van der Waals surface area contributed by atoms with E-state index in [1.54, 1.807) is 48.1 Å². The molecule has 8 aromatic heterocycles. The first-order chi connectivity index (χ1) is 37.8. The highest BCUT2D eigenvalue weighted by Gasteiger charge is 2.28. The summed E-state index contributed by atoms with van der Waals surface area (Å²) in [5.74, 6) is 1.54. The molecule has 2 amide bonds. The van der Waals surface area contributed by atoms with Crippen molar-refractivity contribution in [1.82, 2.24) is 59.2 Å². The molecular weight excluding hydrogens is 1000 g/mol. The van der Waals surface area contributed by atoms with Crippen LogP contribution in [0.3, 0.4) is 0 Å². The molecule has 78 heavy (non-hydrogen) atoms. The van der Waals surface area contributed by atoms with E-state index in [1.165, 1.54) is 9.13 Å². The lowest BCUT2D eigenvalue weighted by molar-refractivity contribution is -0.122. The number of carbonyl (C=O) groups is 2. The average Bonchev–Trinajstić information content (AvgIpc) is 4.30. The molecule has 402 valence electrons. The van der Waals surface area contributed by atoms with Crippen molar-refractivity contribution in [2.24, 2.45) is 0 Å². The minimum Gasteiger partial charge on any atom is -0.496 e. The Morgan fingerprint density at radius 2 is 1.01 bits per heavy atom. The van der Waals surface area contributed by atoms with E-state index in [2.05, 4.69) is 30.9 Å². The van der Waals surface area contributed by atoms with Crippen molar-refractivity contribution >= 4 is 55.7 Å². The standard InChI is InChI=1S/C56H58N12O10/c1-31-51(35(5)77-63-31)39-23-43-37(25-47(39)73-7)53-45(27-61-43)65(55(71)67(53)33(3)41-13-9-11-15-57-41)29-49(69)59-17-19-75-21-22-76-20-18-60-50(70)30-66-46-28-62-44-24-40(52-32(2)64-78-36(52)6)48(74-8)26-38(44)54(46)68(56(66)72)34(4)42-14-10-12-16-58-42/h9-16,23-28,33-34H,17-22,29-30H2,1-8H3,(H,59,69)(H,60,70). The third-order valence-corrected chi connectivity index (χ3v) is 13.9. The van der Waals surface area contributed by atoms with Crippen LogP contribution in [0.15, 0.2) is 104 Å². The summed E-state index contributed by atoms with van der Waals surface area (Å²) in [6.45, 7) is 11.8. The largest absolute Gasteiger partial charge is 0.496 e. The van der Waals surface area contributed by atoms with Gasteiger partial charge in [-0.05, 0) is 90.1 Å². The molecule has 0 spiro atoms. The van der Waals surface area contributed by atoms with Crippen molar-refractivity contribution in [2.45, 2.75) is 66.7 Å². The Morgan fingerprint density at radius 1 is 0.590 bits per heavy atom. The fourth-order valence-corrected chi connectivity index (χ4v) is 10.2. The number of methoxy groups -OCH3 is 2. The number of fused-ring (bicyclic) bond motifs is 6. The maximum atomic E-state index is 14.4. The van der Waals surface area contributed by atoms with Gasteiger partial charge in [-0.3, -0.25) is 47.8 Å². The number of imidazole rings is 2. The fourth-order valence-electron chi connectivity index (χ4n) is 10.2. The Kier molecular flexibility index (Phi) is 15.0. The van der Waals surface area contributed by atoms with E-state index in [9.17, 15) is 19.2 Å². The third kappa shape index (κ3) is 9.86. The van der Waals surface area contributed by atoms with Crippen LogP contribution in [-0.2, 0) is 32.2 Å². The molecule has 0 bridgehead atoms. The molecule has 2 N–H and O–H groups in total. The number of rotatable bonds is 21. The number of hydrogen-bond acceptors (Lipinski definition) is 16. The second-order valence-corrected chi connectivity index (χ2v) is 18.8. The number of nitrogens with one attached hydrogen (secondary N) is 2. The summed E-state index contributed by atoms with van der Waals surface area (Å²) < 4.78 is 40.2. The van der Waals surface area contributed by atoms with Crippen LogP contribution in [0.5, 0.6) is 11.5 Å². The van der Waals surface area contributed by atoms with Crippen LogP contribution in [0, 0.1) is 27.7 Å². The molecule has 0 aliphatic heterocycles. The van der Waals surface area contributed by atoms with Gasteiger partial charge in [0.05, 0.1) is 132 Å². The quantitative estimate of drug-likeness (QED) is 0.0724. The zero-order valence-corrected chi connectivity index (χ0v) is 44.4. The molecule has 0 saturated carbocycles. The minimum atomic E-state index is -0.504. The number of hydrogen-bond donors (Lipinski definition) is 2. The number of aryl methyl sites for hydroxylation is 4. The molecule has 2 unspecified atom stereocenters. The van der Waals surface area contributed by atoms with Gasteiger partial charge in [-0.25, -0.2) is 9.59 Å². The van der Waals surface area contributed by atoms with Crippen LogP contribution in [0.25, 0.3) is 66.1 Å². The average molecular weight is 1060 g/mol. The van der Waals surface area contributed by atoms with E-state index in [0.29, 0.717) is 89.7 Å². The molecule has 0 aliphatic carbocycles. The highest BCUT2D eigenvalue weighted by Crippen LogP contribution is 2.41. The molecule has 2 aromatic carbocycles. The van der Waals surface area contributed by atoms with E-state index in [1.807, 2.05) is 102 Å². The van der Waals surface area contributed by atoms with Gasteiger partial charge in [-0.2, -0.15) is 0 Å². The Balaban J connectivity index is 0.752. The van der Waals surface area contributed by atoms with Gasteiger partial charge in [-0.1, -0.05) is 22.4 Å². The summed E-state index contributed by atoms with van der Waals surface area (Å²) in [5, 5.41) is 15.3. The highest BCUT2D eigenvalue weighted by molar-refractivity contribution is 6.06. The molecule has 22 heteroatoms. The Morgan fingerprint density at radius 3 is 1.37 bits per heavy atom. The van der Waals surface area contributed by atoms with Gasteiger partial charge < -0.3 is 38.6 Å². The molecule has 0 fully saturated rings. The van der Waals surface area contributed by atoms with Gasteiger partial charge in [0.2, 0.25) is 11.8 Å². The first-order valence-electron chi connectivity index (χ1n) is 25.4. The zero-order valence-electron chi connectivity index (χ0n) is 44.4. The zero-order chi connectivity index (χ0) is 54.8. The van der Waals surface area contributed by atoms with Crippen molar-refractivity contribution in [1.29, 1.82) is 0 Å². The molecule has 8 heterocycles. The monoisotopic (exact) mass is 1060 g/mol. The fraction of sp³-hybridized carbons (Fsp3) is 0.321. The van der Waals surface area contributed by atoms with Gasteiger partial charge in [0.1, 0.15) is 36.1 Å². The van der Waals surface area contributed by atoms with E-state index in [-0.39, 0.29) is 52.6 Å². The maximum absolute atomic E-state index is 14.4. The molecule has 22 nitrogen and oxygen atoms in total. The second-order valence-electron chi connectivity index (χ2n) is 18.8. The summed E-state index contributed by atoms with van der Waals surface area (Å²) in [7, 11) is 3.15. The van der Waals surface area contributed by atoms with E-state index >= 15 is 0 Å². The lowest BCUT2D eigenvalue weighted by Gasteiger charge is -2.15. The van der Waals surface area contributed by atoms with E-state index in [4.69, 9.17) is 38.0 Å². The van der Waals surface area contributed by atoms with Gasteiger partial charge >= 0.3 is 11.4 Å². The molecule has 2 atom stereocenters. The van der Waals surface area contributed by atoms with E-state index in [0.717, 1.165) is 22.3 Å². The number of benzene rings is 2. The smallest absolute Gasteiger partial charge is 0.330 e. The van der Waals surface area contributed by atoms with Crippen LogP contribution in [-0.4, -0.2) is 114 Å². The van der Waals surface area contributed by atoms with Crippen molar-refractivity contribution in [2.75, 3.05) is 53.7 Å². The first-order valence-corrected chi connectivity index (χ1v) is 25.4. The number of pyridine rings is 4. The highest BCUT2D eigenvalue weighted by atomic mass is 16.5. The number of amides is 2. The number of ether oxygens (including phenoxy) is 4. The lowest BCUT2D eigenvalue weighted by Crippen LogP contribution is -2.35. The third-order valence-electron chi connectivity index (χ3n) is 13.9. The van der Waals surface area contributed by atoms with Gasteiger partial charge in [-0.15, -0.1) is 0 Å². The summed E-state index contributed by atoms with van der Waals surface area (Å²) in [5.41, 5.74) is 8.29. The minimum absolute atomic E-state index is 0.175. The van der Waals surface area contributed by atoms with Crippen LogP contribution >= 0.6 is 0 Å². The first kappa shape index (κ1) is 52.4. The van der Waals surface area contributed by atoms with E-state index < -0.39 is 35.3 Å². The summed E-state index contributed by atoms with van der Waals surface area (Å²) in [4.78, 5) is 74.4. The van der Waals surface area contributed by atoms with Crippen molar-refractivity contribution in [3.05, 3.63) is 141 Å². The van der Waals surface area contributed by atoms with Gasteiger partial charge in [0.25, 0.3) is 0 Å². The lowest BCUT2D eigenvalue weighted by atomic mass is 10.00. The summed E-state index contributed by atoms with van der Waals surface area (Å²) >= 11 is 0. The second kappa shape index (κ2) is 22.3. The van der Waals surface area contributed by atoms with Gasteiger partial charge in [0, 0.05) is 47.4 Å². The van der Waals surface area contributed by atoms with Crippen LogP contribution in [0.1, 0.15) is 60.2 Å². The Hall–Kier alpha value is -9.02. The summed E-state index contributed by atoms with van der Waals surface area (Å²) in [6, 6.07) is 17.5. The molecule has 0 saturated heterocycles. The van der Waals surface area contributed by atoms with Crippen LogP contribution in [0.4, 0.5) is 0 Å². The predicted molar refractivity (Wildman–Crippen MR) is 290 cm³/mol. The number of nitrogens with zero attached hydrogens (tertiary/aromatic N) is 10. The molecule has 10 rings (SSSR count). The molecule has 0 aliphatic rings. The van der Waals surface area contributed by atoms with Gasteiger partial charge in [0.15, 0.2) is 0 Å². The maximum Gasteiger partial charge on any atom is 0.330 e. The normalized spacial score (nSPS) is 12.5. The Bertz CT molecular complexity index is 3690. The molecule has 0 radical (unpaired) electrons. The number of carbonyl (C=O) groups excluding carboxylic acids is 2. The topological polar surface area (TPSA) is 253 Å². The van der Waals surface area contributed by atoms with Crippen LogP contribution < -0.4 is 31.5 Å².